The van der Waals surface area contributed by atoms with E-state index in [9.17, 15) is 0 Å². The van der Waals surface area contributed by atoms with Crippen LogP contribution in [0.5, 0.6) is 0 Å². The highest BCUT2D eigenvalue weighted by atomic mass is 14.1. The van der Waals surface area contributed by atoms with Gasteiger partial charge < -0.3 is 0 Å². The molecule has 0 N–H and O–H groups in total. The molecule has 0 spiro atoms. The number of allylic oxidation sites excluding steroid dienone is 6. The van der Waals surface area contributed by atoms with Crippen LogP contribution in [-0.4, -0.2) is 0 Å². The molecule has 0 aliphatic rings. The summed E-state index contributed by atoms with van der Waals surface area (Å²) < 4.78 is 0. The minimum Gasteiger partial charge on any atom is -0.0955 e. The van der Waals surface area contributed by atoms with Gasteiger partial charge >= 0.3 is 0 Å². The zero-order valence-corrected chi connectivity index (χ0v) is 10.0. The van der Waals surface area contributed by atoms with Crippen molar-refractivity contribution < 1.29 is 0 Å². The van der Waals surface area contributed by atoms with Crippen molar-refractivity contribution in [2.45, 2.75) is 13.8 Å². The molecule has 0 nitrogen and oxygen atoms in total. The van der Waals surface area contributed by atoms with E-state index in [1.165, 1.54) is 0 Å². The smallest absolute Gasteiger partial charge is 0.0161 e. The summed E-state index contributed by atoms with van der Waals surface area (Å²) in [4.78, 5) is 0. The number of hydrogen-bond acceptors (Lipinski definition) is 0. The molecule has 82 valence electrons. The van der Waals surface area contributed by atoms with Crippen LogP contribution in [-0.2, 0) is 0 Å². The molecule has 0 bridgehead atoms. The van der Waals surface area contributed by atoms with Crippen LogP contribution in [0.4, 0.5) is 0 Å². The van der Waals surface area contributed by atoms with Crippen LogP contribution in [0.15, 0.2) is 72.9 Å². The molecule has 0 aliphatic heterocycles. The molecule has 0 radical (unpaired) electrons. The molecule has 0 aromatic heterocycles. The lowest BCUT2D eigenvalue weighted by atomic mass is 9.95. The van der Waals surface area contributed by atoms with Crippen LogP contribution < -0.4 is 0 Å². The SMILES string of the molecule is C=C(C)/C(=C\C=C/C)C(=C)c1ccccc1. The minimum absolute atomic E-state index is 1.02. The highest BCUT2D eigenvalue weighted by Crippen LogP contribution is 2.25. The first-order chi connectivity index (χ1) is 7.66. The van der Waals surface area contributed by atoms with E-state index in [2.05, 4.69) is 31.4 Å². The van der Waals surface area contributed by atoms with E-state index in [1.807, 2.05) is 44.2 Å². The molecule has 0 atom stereocenters. The summed E-state index contributed by atoms with van der Waals surface area (Å²) in [6.45, 7) is 12.1. The molecule has 0 unspecified atom stereocenters. The van der Waals surface area contributed by atoms with Gasteiger partial charge in [-0.1, -0.05) is 67.3 Å². The van der Waals surface area contributed by atoms with Gasteiger partial charge in [0.05, 0.1) is 0 Å². The van der Waals surface area contributed by atoms with E-state index in [1.54, 1.807) is 0 Å². The minimum atomic E-state index is 1.02. The second-order valence-corrected chi connectivity index (χ2v) is 3.73. The van der Waals surface area contributed by atoms with Crippen LogP contribution >= 0.6 is 0 Å². The molecule has 0 fully saturated rings. The van der Waals surface area contributed by atoms with Crippen LogP contribution in [0.25, 0.3) is 5.57 Å². The quantitative estimate of drug-likeness (QED) is 0.627. The summed E-state index contributed by atoms with van der Waals surface area (Å²) in [6, 6.07) is 10.2. The Hall–Kier alpha value is -1.82. The Morgan fingerprint density at radius 3 is 2.25 bits per heavy atom. The molecule has 0 saturated carbocycles. The summed E-state index contributed by atoms with van der Waals surface area (Å²) in [5.41, 5.74) is 4.30. The fourth-order valence-electron chi connectivity index (χ4n) is 1.49. The fourth-order valence-corrected chi connectivity index (χ4v) is 1.49. The Morgan fingerprint density at radius 1 is 1.12 bits per heavy atom. The van der Waals surface area contributed by atoms with E-state index in [0.717, 1.165) is 22.3 Å². The number of rotatable bonds is 4. The summed E-state index contributed by atoms with van der Waals surface area (Å²) in [7, 11) is 0. The van der Waals surface area contributed by atoms with Crippen molar-refractivity contribution in [3.63, 3.8) is 0 Å². The zero-order chi connectivity index (χ0) is 12.0. The van der Waals surface area contributed by atoms with Gasteiger partial charge in [-0.3, -0.25) is 0 Å². The Morgan fingerprint density at radius 2 is 1.75 bits per heavy atom. The highest BCUT2D eigenvalue weighted by Gasteiger charge is 2.04. The topological polar surface area (TPSA) is 0 Å². The van der Waals surface area contributed by atoms with Crippen LogP contribution in [0, 0.1) is 0 Å². The summed E-state index contributed by atoms with van der Waals surface area (Å²) in [5, 5.41) is 0. The standard InChI is InChI=1S/C16H18/c1-5-6-12-16(13(2)3)14(4)15-10-8-7-9-11-15/h5-12H,2,4H2,1,3H3/b6-5-,16-12+. The Labute approximate surface area is 98.3 Å². The molecule has 0 amide bonds. The van der Waals surface area contributed by atoms with E-state index in [-0.39, 0.29) is 0 Å². The van der Waals surface area contributed by atoms with Crippen molar-refractivity contribution in [1.82, 2.24) is 0 Å². The van der Waals surface area contributed by atoms with Gasteiger partial charge in [0.15, 0.2) is 0 Å². The van der Waals surface area contributed by atoms with Gasteiger partial charge in [-0.05, 0) is 30.6 Å². The van der Waals surface area contributed by atoms with Gasteiger partial charge in [0.1, 0.15) is 0 Å². The lowest BCUT2D eigenvalue weighted by Gasteiger charge is -2.10. The van der Waals surface area contributed by atoms with Crippen molar-refractivity contribution >= 4 is 5.57 Å². The van der Waals surface area contributed by atoms with Gasteiger partial charge in [0, 0.05) is 0 Å². The molecular formula is C16H18. The van der Waals surface area contributed by atoms with Gasteiger partial charge in [-0.15, -0.1) is 0 Å². The van der Waals surface area contributed by atoms with Crippen molar-refractivity contribution in [2.75, 3.05) is 0 Å². The number of benzene rings is 1. The third-order valence-corrected chi connectivity index (χ3v) is 2.36. The third kappa shape index (κ3) is 3.09. The second-order valence-electron chi connectivity index (χ2n) is 3.73. The molecule has 1 aromatic rings. The lowest BCUT2D eigenvalue weighted by Crippen LogP contribution is -1.89. The maximum Gasteiger partial charge on any atom is -0.0161 e. The molecule has 16 heavy (non-hydrogen) atoms. The predicted octanol–water partition coefficient (Wildman–Crippen LogP) is 4.78. The Balaban J connectivity index is 3.07. The number of hydrogen-bond donors (Lipinski definition) is 0. The first-order valence-corrected chi connectivity index (χ1v) is 5.40. The molecule has 1 aromatic carbocycles. The van der Waals surface area contributed by atoms with E-state index >= 15 is 0 Å². The van der Waals surface area contributed by atoms with Gasteiger partial charge in [-0.2, -0.15) is 0 Å². The van der Waals surface area contributed by atoms with Gasteiger partial charge in [0.25, 0.3) is 0 Å². The van der Waals surface area contributed by atoms with Crippen molar-refractivity contribution in [3.05, 3.63) is 78.4 Å². The van der Waals surface area contributed by atoms with Crippen LogP contribution in [0.1, 0.15) is 19.4 Å². The molecule has 0 heteroatoms. The average molecular weight is 210 g/mol. The summed E-state index contributed by atoms with van der Waals surface area (Å²) in [6.07, 6.45) is 6.07. The highest BCUT2D eigenvalue weighted by molar-refractivity contribution is 5.81. The van der Waals surface area contributed by atoms with Crippen molar-refractivity contribution in [3.8, 4) is 0 Å². The van der Waals surface area contributed by atoms with E-state index in [0.29, 0.717) is 0 Å². The largest absolute Gasteiger partial charge is 0.0955 e. The maximum absolute atomic E-state index is 4.14. The van der Waals surface area contributed by atoms with Gasteiger partial charge in [-0.25, -0.2) is 0 Å². The van der Waals surface area contributed by atoms with Crippen LogP contribution in [0.2, 0.25) is 0 Å². The first kappa shape index (κ1) is 12.3. The fraction of sp³-hybridized carbons (Fsp3) is 0.125. The van der Waals surface area contributed by atoms with E-state index in [4.69, 9.17) is 0 Å². The molecule has 0 aliphatic carbocycles. The lowest BCUT2D eigenvalue weighted by molar-refractivity contribution is 1.45. The summed E-state index contributed by atoms with van der Waals surface area (Å²) >= 11 is 0. The normalized spacial score (nSPS) is 11.8. The zero-order valence-electron chi connectivity index (χ0n) is 10.0. The Kier molecular flexibility index (Phi) is 4.53. The molecular weight excluding hydrogens is 192 g/mol. The van der Waals surface area contributed by atoms with Gasteiger partial charge in [0.2, 0.25) is 0 Å². The monoisotopic (exact) mass is 210 g/mol. The molecule has 0 saturated heterocycles. The Bertz CT molecular complexity index is 430. The molecule has 0 heterocycles. The third-order valence-electron chi connectivity index (χ3n) is 2.36. The molecule has 1 rings (SSSR count). The van der Waals surface area contributed by atoms with E-state index < -0.39 is 0 Å². The second kappa shape index (κ2) is 5.92. The average Bonchev–Trinajstić information content (AvgIpc) is 2.30. The van der Waals surface area contributed by atoms with Crippen molar-refractivity contribution in [2.24, 2.45) is 0 Å². The first-order valence-electron chi connectivity index (χ1n) is 5.40. The van der Waals surface area contributed by atoms with Crippen molar-refractivity contribution in [1.29, 1.82) is 0 Å². The summed E-state index contributed by atoms with van der Waals surface area (Å²) in [5.74, 6) is 0. The maximum atomic E-state index is 4.14. The predicted molar refractivity (Wildman–Crippen MR) is 73.2 cm³/mol. The van der Waals surface area contributed by atoms with Crippen LogP contribution in [0.3, 0.4) is 0 Å².